The number of carbonyl (C=O) groups excluding carboxylic acids is 1. The molecule has 0 spiro atoms. The first-order valence-electron chi connectivity index (χ1n) is 6.60. The van der Waals surface area contributed by atoms with E-state index in [0.29, 0.717) is 12.2 Å². The van der Waals surface area contributed by atoms with Crippen LogP contribution < -0.4 is 0 Å². The van der Waals surface area contributed by atoms with Crippen LogP contribution in [0.5, 0.6) is 0 Å². The summed E-state index contributed by atoms with van der Waals surface area (Å²) in [7, 11) is 0. The molecular weight excluding hydrogens is 270 g/mol. The lowest BCUT2D eigenvalue weighted by atomic mass is 10.1. The number of aromatic nitrogens is 2. The molecule has 0 aliphatic carbocycles. The number of amides is 1. The van der Waals surface area contributed by atoms with Crippen molar-refractivity contribution in [2.75, 3.05) is 6.54 Å². The monoisotopic (exact) mass is 283 g/mol. The lowest BCUT2D eigenvalue weighted by molar-refractivity contribution is 0.0732. The molecule has 1 N–H and O–H groups in total. The Morgan fingerprint density at radius 2 is 2.20 bits per heavy atom. The van der Waals surface area contributed by atoms with Gasteiger partial charge < -0.3 is 4.90 Å². The van der Waals surface area contributed by atoms with E-state index < -0.39 is 0 Å². The van der Waals surface area contributed by atoms with Crippen LogP contribution in [-0.4, -0.2) is 27.5 Å². The summed E-state index contributed by atoms with van der Waals surface area (Å²) in [5, 5.41) is 10.1. The zero-order chi connectivity index (χ0) is 13.5. The third kappa shape index (κ3) is 1.74. The Balaban J connectivity index is 1.68. The number of hydrogen-bond acceptors (Lipinski definition) is 3. The maximum Gasteiger partial charge on any atom is 0.275 e. The third-order valence-corrected chi connectivity index (χ3v) is 4.79. The first-order valence-corrected chi connectivity index (χ1v) is 7.48. The van der Waals surface area contributed by atoms with Gasteiger partial charge in [-0.05, 0) is 29.5 Å². The maximum absolute atomic E-state index is 12.7. The van der Waals surface area contributed by atoms with Gasteiger partial charge in [-0.3, -0.25) is 9.89 Å². The summed E-state index contributed by atoms with van der Waals surface area (Å²) >= 11 is 1.78. The number of nitrogens with one attached hydrogen (secondary N) is 1. The molecule has 5 heteroatoms. The zero-order valence-electron chi connectivity index (χ0n) is 10.8. The van der Waals surface area contributed by atoms with Crippen molar-refractivity contribution in [2.45, 2.75) is 13.0 Å². The molecular formula is C15H13N3OS. The van der Waals surface area contributed by atoms with E-state index >= 15 is 0 Å². The highest BCUT2D eigenvalue weighted by Crippen LogP contribution is 2.26. The van der Waals surface area contributed by atoms with E-state index in [2.05, 4.69) is 21.6 Å². The second kappa shape index (κ2) is 4.45. The average Bonchev–Trinajstić information content (AvgIpc) is 3.12. The number of fused-ring (bicyclic) bond motifs is 2. The van der Waals surface area contributed by atoms with Gasteiger partial charge in [-0.25, -0.2) is 0 Å². The lowest BCUT2D eigenvalue weighted by Gasteiger charge is -2.26. The van der Waals surface area contributed by atoms with Gasteiger partial charge in [0.25, 0.3) is 5.91 Å². The van der Waals surface area contributed by atoms with Crippen molar-refractivity contribution in [3.05, 3.63) is 51.8 Å². The molecule has 20 heavy (non-hydrogen) atoms. The molecule has 1 aliphatic heterocycles. The van der Waals surface area contributed by atoms with Gasteiger partial charge in [-0.15, -0.1) is 11.3 Å². The third-order valence-electron chi connectivity index (χ3n) is 3.77. The second-order valence-electron chi connectivity index (χ2n) is 4.96. The largest absolute Gasteiger partial charge is 0.333 e. The van der Waals surface area contributed by atoms with Gasteiger partial charge in [0.05, 0.1) is 5.52 Å². The highest BCUT2D eigenvalue weighted by Gasteiger charge is 2.25. The smallest absolute Gasteiger partial charge is 0.275 e. The molecule has 0 saturated heterocycles. The molecule has 4 rings (SSSR count). The number of benzene rings is 1. The molecule has 1 amide bonds. The minimum absolute atomic E-state index is 0.0132. The van der Waals surface area contributed by atoms with Crippen LogP contribution in [0.1, 0.15) is 20.9 Å². The normalized spacial score (nSPS) is 14.5. The van der Waals surface area contributed by atoms with Crippen molar-refractivity contribution in [2.24, 2.45) is 0 Å². The fraction of sp³-hybridized carbons (Fsp3) is 0.200. The standard InChI is InChI=1S/C15H13N3OS/c19-15(14-11-3-1-2-4-12(11)16-17-14)18-7-5-13-10(9-18)6-8-20-13/h1-4,6,8H,5,7,9H2,(H,16,17). The van der Waals surface area contributed by atoms with E-state index in [1.807, 2.05) is 29.2 Å². The Labute approximate surface area is 120 Å². The molecule has 1 aliphatic rings. The number of para-hydroxylation sites is 1. The number of aromatic amines is 1. The average molecular weight is 283 g/mol. The highest BCUT2D eigenvalue weighted by molar-refractivity contribution is 7.10. The van der Waals surface area contributed by atoms with Crippen molar-refractivity contribution in [3.63, 3.8) is 0 Å². The molecule has 0 bridgehead atoms. The quantitative estimate of drug-likeness (QED) is 0.746. The topological polar surface area (TPSA) is 49.0 Å². The number of nitrogens with zero attached hydrogens (tertiary/aromatic N) is 2. The molecule has 1 aromatic carbocycles. The molecule has 2 aromatic heterocycles. The summed E-state index contributed by atoms with van der Waals surface area (Å²) in [5.74, 6) is 0.0132. The summed E-state index contributed by atoms with van der Waals surface area (Å²) in [5.41, 5.74) is 2.71. The fourth-order valence-corrected chi connectivity index (χ4v) is 3.59. The Morgan fingerprint density at radius 3 is 3.15 bits per heavy atom. The van der Waals surface area contributed by atoms with E-state index in [1.54, 1.807) is 11.3 Å². The molecule has 4 nitrogen and oxygen atoms in total. The van der Waals surface area contributed by atoms with Crippen molar-refractivity contribution < 1.29 is 4.79 Å². The summed E-state index contributed by atoms with van der Waals surface area (Å²) in [6, 6.07) is 9.86. The van der Waals surface area contributed by atoms with Gasteiger partial charge in [0.2, 0.25) is 0 Å². The number of H-pyrrole nitrogens is 1. The van der Waals surface area contributed by atoms with Gasteiger partial charge in [-0.1, -0.05) is 18.2 Å². The molecule has 3 heterocycles. The summed E-state index contributed by atoms with van der Waals surface area (Å²) in [6.45, 7) is 1.46. The minimum atomic E-state index is 0.0132. The first kappa shape index (κ1) is 11.7. The van der Waals surface area contributed by atoms with Gasteiger partial charge in [0.1, 0.15) is 0 Å². The van der Waals surface area contributed by atoms with Crippen LogP contribution in [0.15, 0.2) is 35.7 Å². The molecule has 0 atom stereocenters. The van der Waals surface area contributed by atoms with Crippen LogP contribution in [0.25, 0.3) is 10.9 Å². The predicted molar refractivity (Wildman–Crippen MR) is 78.9 cm³/mol. The van der Waals surface area contributed by atoms with Gasteiger partial charge in [0, 0.05) is 23.4 Å². The summed E-state index contributed by atoms with van der Waals surface area (Å²) in [4.78, 5) is 15.9. The minimum Gasteiger partial charge on any atom is -0.333 e. The van der Waals surface area contributed by atoms with Crippen molar-refractivity contribution >= 4 is 28.1 Å². The first-order chi connectivity index (χ1) is 9.83. The van der Waals surface area contributed by atoms with Crippen molar-refractivity contribution in [1.29, 1.82) is 0 Å². The lowest BCUT2D eigenvalue weighted by Crippen LogP contribution is -2.35. The maximum atomic E-state index is 12.7. The van der Waals surface area contributed by atoms with Gasteiger partial charge >= 0.3 is 0 Å². The van der Waals surface area contributed by atoms with E-state index in [-0.39, 0.29) is 5.91 Å². The van der Waals surface area contributed by atoms with Crippen LogP contribution in [0, 0.1) is 0 Å². The molecule has 100 valence electrons. The SMILES string of the molecule is O=C(c1n[nH]c2ccccc12)N1CCc2sccc2C1. The van der Waals surface area contributed by atoms with E-state index in [0.717, 1.165) is 23.9 Å². The van der Waals surface area contributed by atoms with E-state index in [4.69, 9.17) is 0 Å². The number of carbonyl (C=O) groups is 1. The Bertz CT molecular complexity index is 789. The number of thiophene rings is 1. The Kier molecular flexibility index (Phi) is 2.60. The van der Waals surface area contributed by atoms with E-state index in [1.165, 1.54) is 10.4 Å². The second-order valence-corrected chi connectivity index (χ2v) is 5.96. The molecule has 0 unspecified atom stereocenters. The number of hydrogen-bond donors (Lipinski definition) is 1. The van der Waals surface area contributed by atoms with Crippen LogP contribution in [0.2, 0.25) is 0 Å². The van der Waals surface area contributed by atoms with Crippen LogP contribution in [0.4, 0.5) is 0 Å². The Morgan fingerprint density at radius 1 is 1.30 bits per heavy atom. The van der Waals surface area contributed by atoms with Crippen molar-refractivity contribution in [1.82, 2.24) is 15.1 Å². The zero-order valence-corrected chi connectivity index (χ0v) is 11.6. The number of rotatable bonds is 1. The highest BCUT2D eigenvalue weighted by atomic mass is 32.1. The molecule has 3 aromatic rings. The van der Waals surface area contributed by atoms with Crippen LogP contribution in [0.3, 0.4) is 0 Å². The van der Waals surface area contributed by atoms with Gasteiger partial charge in [-0.2, -0.15) is 5.10 Å². The van der Waals surface area contributed by atoms with E-state index in [9.17, 15) is 4.79 Å². The van der Waals surface area contributed by atoms with Crippen LogP contribution in [-0.2, 0) is 13.0 Å². The fourth-order valence-electron chi connectivity index (χ4n) is 2.70. The van der Waals surface area contributed by atoms with Crippen molar-refractivity contribution in [3.8, 4) is 0 Å². The molecule has 0 saturated carbocycles. The molecule has 0 fully saturated rings. The predicted octanol–water partition coefficient (Wildman–Crippen LogP) is 2.82. The molecule has 0 radical (unpaired) electrons. The summed E-state index contributed by atoms with van der Waals surface area (Å²) < 4.78 is 0. The summed E-state index contributed by atoms with van der Waals surface area (Å²) in [6.07, 6.45) is 0.946. The Hall–Kier alpha value is -2.14. The van der Waals surface area contributed by atoms with Crippen LogP contribution >= 0.6 is 11.3 Å². The van der Waals surface area contributed by atoms with Gasteiger partial charge in [0.15, 0.2) is 5.69 Å².